The second-order valence-corrected chi connectivity index (χ2v) is 3.24. The molecule has 0 amide bonds. The van der Waals surface area contributed by atoms with E-state index in [0.29, 0.717) is 0 Å². The van der Waals surface area contributed by atoms with Gasteiger partial charge in [0.25, 0.3) is 0 Å². The summed E-state index contributed by atoms with van der Waals surface area (Å²) >= 11 is 0. The Morgan fingerprint density at radius 1 is 0.867 bits per heavy atom. The molecule has 0 bridgehead atoms. The Kier molecular flexibility index (Phi) is 6.94. The summed E-state index contributed by atoms with van der Waals surface area (Å²) in [4.78, 5) is 0. The van der Waals surface area contributed by atoms with E-state index in [0.717, 1.165) is 0 Å². The molecule has 7 nitrogen and oxygen atoms in total. The van der Waals surface area contributed by atoms with Gasteiger partial charge in [-0.2, -0.15) is 0 Å². The molecule has 0 heterocycles. The van der Waals surface area contributed by atoms with E-state index in [1.54, 1.807) is 0 Å². The second-order valence-electron chi connectivity index (χ2n) is 3.24. The van der Waals surface area contributed by atoms with Crippen LogP contribution < -0.4 is 0 Å². The van der Waals surface area contributed by atoms with Crippen LogP contribution in [0, 0.1) is 0 Å². The Hall–Kier alpha value is -0.280. The molecule has 15 heavy (non-hydrogen) atoms. The summed E-state index contributed by atoms with van der Waals surface area (Å²) in [5.74, 6) is 0. The summed E-state index contributed by atoms with van der Waals surface area (Å²) in [7, 11) is 1.29. The molecule has 0 saturated carbocycles. The first-order valence-corrected chi connectivity index (χ1v) is 4.45. The SMILES string of the molecule is COCC(O)[C@H](O)[C@@H](O)[C@H](O)[C@H](O)CO. The van der Waals surface area contributed by atoms with Crippen molar-refractivity contribution in [2.24, 2.45) is 0 Å². The number of hydrogen-bond donors (Lipinski definition) is 6. The Labute approximate surface area is 87.2 Å². The Morgan fingerprint density at radius 3 is 1.73 bits per heavy atom. The van der Waals surface area contributed by atoms with Crippen LogP contribution in [0.15, 0.2) is 0 Å². The minimum atomic E-state index is -1.77. The molecule has 0 aromatic heterocycles. The van der Waals surface area contributed by atoms with E-state index in [4.69, 9.17) is 10.2 Å². The van der Waals surface area contributed by atoms with Crippen molar-refractivity contribution < 1.29 is 35.4 Å². The minimum Gasteiger partial charge on any atom is -0.394 e. The van der Waals surface area contributed by atoms with Crippen molar-refractivity contribution in [3.05, 3.63) is 0 Å². The lowest BCUT2D eigenvalue weighted by atomic mass is 10.00. The maximum absolute atomic E-state index is 9.30. The van der Waals surface area contributed by atoms with E-state index in [1.165, 1.54) is 7.11 Å². The standard InChI is InChI=1S/C8H18O7/c1-15-3-5(11)7(13)8(14)6(12)4(10)2-9/h4-14H,2-3H2,1H3/t4-,5?,6-,7+,8+/m1/s1. The molecule has 0 saturated heterocycles. The molecule has 5 atom stereocenters. The van der Waals surface area contributed by atoms with Crippen molar-refractivity contribution in [1.29, 1.82) is 0 Å². The largest absolute Gasteiger partial charge is 0.394 e. The fourth-order valence-corrected chi connectivity index (χ4v) is 1.03. The summed E-state index contributed by atoms with van der Waals surface area (Å²) in [5, 5.41) is 54.5. The smallest absolute Gasteiger partial charge is 0.111 e. The van der Waals surface area contributed by atoms with Gasteiger partial charge in [-0.3, -0.25) is 0 Å². The van der Waals surface area contributed by atoms with E-state index in [9.17, 15) is 20.4 Å². The first kappa shape index (κ1) is 14.7. The molecule has 0 aromatic carbocycles. The number of ether oxygens (including phenoxy) is 1. The average Bonchev–Trinajstić information content (AvgIpc) is 2.25. The highest BCUT2D eigenvalue weighted by atomic mass is 16.5. The molecule has 0 aliphatic rings. The van der Waals surface area contributed by atoms with Gasteiger partial charge >= 0.3 is 0 Å². The van der Waals surface area contributed by atoms with Gasteiger partial charge < -0.3 is 35.4 Å². The minimum absolute atomic E-state index is 0.222. The lowest BCUT2D eigenvalue weighted by Crippen LogP contribution is -2.50. The lowest BCUT2D eigenvalue weighted by Gasteiger charge is -2.28. The van der Waals surface area contributed by atoms with Gasteiger partial charge in [0.1, 0.15) is 30.5 Å². The molecule has 92 valence electrons. The topological polar surface area (TPSA) is 131 Å². The van der Waals surface area contributed by atoms with Gasteiger partial charge in [-0.1, -0.05) is 0 Å². The molecule has 0 radical (unpaired) electrons. The van der Waals surface area contributed by atoms with Crippen molar-refractivity contribution in [1.82, 2.24) is 0 Å². The molecule has 6 N–H and O–H groups in total. The van der Waals surface area contributed by atoms with Crippen LogP contribution >= 0.6 is 0 Å². The summed E-state index contributed by atoms with van der Waals surface area (Å²) in [5.41, 5.74) is 0. The predicted molar refractivity (Wildman–Crippen MR) is 49.0 cm³/mol. The quantitative estimate of drug-likeness (QED) is 0.265. The lowest BCUT2D eigenvalue weighted by molar-refractivity contribution is -0.147. The van der Waals surface area contributed by atoms with Crippen molar-refractivity contribution in [3.8, 4) is 0 Å². The third-order valence-electron chi connectivity index (χ3n) is 2.01. The van der Waals surface area contributed by atoms with Crippen LogP contribution in [0.4, 0.5) is 0 Å². The molecule has 0 spiro atoms. The summed E-state index contributed by atoms with van der Waals surface area (Å²) in [6.45, 7) is -0.981. The number of rotatable bonds is 7. The monoisotopic (exact) mass is 226 g/mol. The maximum Gasteiger partial charge on any atom is 0.111 e. The van der Waals surface area contributed by atoms with Gasteiger partial charge in [0.05, 0.1) is 13.2 Å². The zero-order valence-corrected chi connectivity index (χ0v) is 8.39. The van der Waals surface area contributed by atoms with E-state index in [2.05, 4.69) is 4.74 Å². The Morgan fingerprint density at radius 2 is 1.33 bits per heavy atom. The Balaban J connectivity index is 4.22. The normalized spacial score (nSPS) is 21.8. The molecule has 0 fully saturated rings. The first-order valence-electron chi connectivity index (χ1n) is 4.45. The second kappa shape index (κ2) is 7.07. The molecule has 0 aromatic rings. The van der Waals surface area contributed by atoms with Crippen LogP contribution in [0.25, 0.3) is 0 Å². The van der Waals surface area contributed by atoms with Gasteiger partial charge in [-0.15, -0.1) is 0 Å². The van der Waals surface area contributed by atoms with E-state index in [-0.39, 0.29) is 6.61 Å². The van der Waals surface area contributed by atoms with Crippen LogP contribution in [-0.2, 0) is 4.74 Å². The van der Waals surface area contributed by atoms with E-state index in [1.807, 2.05) is 0 Å². The first-order chi connectivity index (χ1) is 6.95. The molecule has 0 rings (SSSR count). The predicted octanol–water partition coefficient (Wildman–Crippen LogP) is -3.57. The average molecular weight is 226 g/mol. The van der Waals surface area contributed by atoms with Crippen LogP contribution in [0.2, 0.25) is 0 Å². The van der Waals surface area contributed by atoms with Gasteiger partial charge in [0, 0.05) is 7.11 Å². The third kappa shape index (κ3) is 4.39. The molecule has 1 unspecified atom stereocenters. The van der Waals surface area contributed by atoms with Crippen molar-refractivity contribution in [2.75, 3.05) is 20.3 Å². The Bertz CT molecular complexity index is 165. The zero-order chi connectivity index (χ0) is 12.0. The number of methoxy groups -OCH3 is 1. The number of hydrogen-bond acceptors (Lipinski definition) is 7. The number of aliphatic hydroxyl groups excluding tert-OH is 6. The van der Waals surface area contributed by atoms with Crippen molar-refractivity contribution in [2.45, 2.75) is 30.5 Å². The fraction of sp³-hybridized carbons (Fsp3) is 1.00. The highest BCUT2D eigenvalue weighted by Gasteiger charge is 2.33. The van der Waals surface area contributed by atoms with E-state index < -0.39 is 37.1 Å². The molecular formula is C8H18O7. The number of aliphatic hydroxyl groups is 6. The van der Waals surface area contributed by atoms with Crippen LogP contribution in [0.3, 0.4) is 0 Å². The maximum atomic E-state index is 9.30. The van der Waals surface area contributed by atoms with Crippen LogP contribution in [0.1, 0.15) is 0 Å². The molecular weight excluding hydrogens is 208 g/mol. The highest BCUT2D eigenvalue weighted by molar-refractivity contribution is 4.84. The van der Waals surface area contributed by atoms with E-state index >= 15 is 0 Å². The molecule has 0 aliphatic carbocycles. The fourth-order valence-electron chi connectivity index (χ4n) is 1.03. The van der Waals surface area contributed by atoms with Gasteiger partial charge in [0.15, 0.2) is 0 Å². The van der Waals surface area contributed by atoms with Gasteiger partial charge in [-0.05, 0) is 0 Å². The van der Waals surface area contributed by atoms with Crippen LogP contribution in [0.5, 0.6) is 0 Å². The zero-order valence-electron chi connectivity index (χ0n) is 8.39. The highest BCUT2D eigenvalue weighted by Crippen LogP contribution is 2.08. The van der Waals surface area contributed by atoms with Crippen molar-refractivity contribution in [3.63, 3.8) is 0 Å². The van der Waals surface area contributed by atoms with Gasteiger partial charge in [-0.25, -0.2) is 0 Å². The molecule has 0 aliphatic heterocycles. The third-order valence-corrected chi connectivity index (χ3v) is 2.01. The summed E-state index contributed by atoms with van der Waals surface area (Å²) in [6.07, 6.45) is -8.13. The van der Waals surface area contributed by atoms with Gasteiger partial charge in [0.2, 0.25) is 0 Å². The molecule has 7 heteroatoms. The summed E-state index contributed by atoms with van der Waals surface area (Å²) in [6, 6.07) is 0. The summed E-state index contributed by atoms with van der Waals surface area (Å²) < 4.78 is 4.53. The van der Waals surface area contributed by atoms with Crippen LogP contribution in [-0.4, -0.2) is 81.5 Å². The van der Waals surface area contributed by atoms with Crippen molar-refractivity contribution >= 4 is 0 Å².